The highest BCUT2D eigenvalue weighted by Gasteiger charge is 2.26. The van der Waals surface area contributed by atoms with Gasteiger partial charge in [0.25, 0.3) is 0 Å². The predicted octanol–water partition coefficient (Wildman–Crippen LogP) is 4.95. The van der Waals surface area contributed by atoms with Gasteiger partial charge in [0, 0.05) is 5.88 Å². The van der Waals surface area contributed by atoms with Crippen LogP contribution in [0.15, 0.2) is 0 Å². The molecule has 18 heavy (non-hydrogen) atoms. The van der Waals surface area contributed by atoms with Gasteiger partial charge in [-0.2, -0.15) is 0 Å². The highest BCUT2D eigenvalue weighted by atomic mass is 35.5. The van der Waals surface area contributed by atoms with Gasteiger partial charge in [0.05, 0.1) is 5.92 Å². The third-order valence-corrected chi connectivity index (χ3v) is 4.07. The number of carboxylic acids is 1. The summed E-state index contributed by atoms with van der Waals surface area (Å²) >= 11 is 5.38. The van der Waals surface area contributed by atoms with Crippen molar-refractivity contribution in [3.05, 3.63) is 0 Å². The average Bonchev–Trinajstić information content (AvgIpc) is 2.37. The second-order valence-corrected chi connectivity index (χ2v) is 5.97. The first kappa shape index (κ1) is 17.8. The molecule has 0 spiro atoms. The largest absolute Gasteiger partial charge is 0.481 e. The number of hydrogen-bond acceptors (Lipinski definition) is 1. The molecule has 0 bridgehead atoms. The quantitative estimate of drug-likeness (QED) is 0.570. The molecular formula is C15H29ClO2. The van der Waals surface area contributed by atoms with E-state index in [-0.39, 0.29) is 5.92 Å². The van der Waals surface area contributed by atoms with Crippen LogP contribution in [-0.4, -0.2) is 17.0 Å². The number of halogens is 1. The van der Waals surface area contributed by atoms with Crippen molar-refractivity contribution in [1.82, 2.24) is 0 Å². The van der Waals surface area contributed by atoms with E-state index in [0.717, 1.165) is 43.4 Å². The Morgan fingerprint density at radius 1 is 1.22 bits per heavy atom. The number of carbonyl (C=O) groups is 1. The molecule has 0 heterocycles. The zero-order valence-corrected chi connectivity index (χ0v) is 12.9. The van der Waals surface area contributed by atoms with Gasteiger partial charge in [-0.1, -0.05) is 33.6 Å². The number of alkyl halides is 1. The molecule has 1 fully saturated rings. The van der Waals surface area contributed by atoms with Crippen LogP contribution >= 0.6 is 11.6 Å². The first-order chi connectivity index (χ1) is 8.52. The second-order valence-electron chi connectivity index (χ2n) is 5.59. The SMILES string of the molecule is CC(C)[C@H]1CC[C@H](C(=O)O)CC1.CCCCCCl. The van der Waals surface area contributed by atoms with E-state index in [9.17, 15) is 4.79 Å². The Morgan fingerprint density at radius 3 is 2.06 bits per heavy atom. The van der Waals surface area contributed by atoms with E-state index in [0.29, 0.717) is 0 Å². The Kier molecular flexibility index (Phi) is 10.5. The summed E-state index contributed by atoms with van der Waals surface area (Å²) in [7, 11) is 0. The minimum Gasteiger partial charge on any atom is -0.481 e. The first-order valence-electron chi connectivity index (χ1n) is 7.31. The summed E-state index contributed by atoms with van der Waals surface area (Å²) in [6.45, 7) is 6.63. The monoisotopic (exact) mass is 276 g/mol. The van der Waals surface area contributed by atoms with E-state index in [2.05, 4.69) is 20.8 Å². The first-order valence-corrected chi connectivity index (χ1v) is 7.85. The van der Waals surface area contributed by atoms with Gasteiger partial charge >= 0.3 is 5.97 Å². The Bertz CT molecular complexity index is 205. The highest BCUT2D eigenvalue weighted by molar-refractivity contribution is 6.17. The van der Waals surface area contributed by atoms with Crippen molar-refractivity contribution in [1.29, 1.82) is 0 Å². The van der Waals surface area contributed by atoms with Crippen LogP contribution in [0.25, 0.3) is 0 Å². The molecule has 0 atom stereocenters. The molecule has 0 aromatic heterocycles. The minimum absolute atomic E-state index is 0.0556. The maximum absolute atomic E-state index is 10.6. The third kappa shape index (κ3) is 7.97. The summed E-state index contributed by atoms with van der Waals surface area (Å²) in [5, 5.41) is 8.76. The molecule has 1 rings (SSSR count). The number of rotatable bonds is 5. The van der Waals surface area contributed by atoms with Crippen LogP contribution in [0.4, 0.5) is 0 Å². The number of unbranched alkanes of at least 4 members (excludes halogenated alkanes) is 2. The van der Waals surface area contributed by atoms with Crippen LogP contribution in [0, 0.1) is 17.8 Å². The van der Waals surface area contributed by atoms with E-state index >= 15 is 0 Å². The van der Waals surface area contributed by atoms with Gasteiger partial charge < -0.3 is 5.11 Å². The molecule has 0 unspecified atom stereocenters. The van der Waals surface area contributed by atoms with Crippen LogP contribution in [0.5, 0.6) is 0 Å². The lowest BCUT2D eigenvalue weighted by Gasteiger charge is -2.28. The lowest BCUT2D eigenvalue weighted by molar-refractivity contribution is -0.143. The average molecular weight is 277 g/mol. The minimum atomic E-state index is -0.600. The van der Waals surface area contributed by atoms with Gasteiger partial charge in [-0.25, -0.2) is 0 Å². The van der Waals surface area contributed by atoms with Gasteiger partial charge in [0.1, 0.15) is 0 Å². The lowest BCUT2D eigenvalue weighted by Crippen LogP contribution is -2.23. The van der Waals surface area contributed by atoms with E-state index in [1.165, 1.54) is 19.3 Å². The fraction of sp³-hybridized carbons (Fsp3) is 0.933. The molecule has 1 N–H and O–H groups in total. The van der Waals surface area contributed by atoms with Crippen LogP contribution in [-0.2, 0) is 4.79 Å². The van der Waals surface area contributed by atoms with Crippen LogP contribution in [0.3, 0.4) is 0 Å². The Balaban J connectivity index is 0.000000411. The molecule has 1 saturated carbocycles. The summed E-state index contributed by atoms with van der Waals surface area (Å²) < 4.78 is 0. The van der Waals surface area contributed by atoms with Crippen molar-refractivity contribution in [2.75, 3.05) is 5.88 Å². The molecule has 0 aromatic carbocycles. The summed E-state index contributed by atoms with van der Waals surface area (Å²) in [4.78, 5) is 10.6. The molecule has 3 heteroatoms. The van der Waals surface area contributed by atoms with E-state index < -0.39 is 5.97 Å². The van der Waals surface area contributed by atoms with Crippen molar-refractivity contribution < 1.29 is 9.90 Å². The highest BCUT2D eigenvalue weighted by Crippen LogP contribution is 2.33. The molecule has 108 valence electrons. The molecule has 0 saturated heterocycles. The zero-order chi connectivity index (χ0) is 14.0. The van der Waals surface area contributed by atoms with E-state index in [1.54, 1.807) is 0 Å². The zero-order valence-electron chi connectivity index (χ0n) is 12.1. The number of hydrogen-bond donors (Lipinski definition) is 1. The molecule has 0 amide bonds. The molecule has 2 nitrogen and oxygen atoms in total. The Labute approximate surface area is 117 Å². The van der Waals surface area contributed by atoms with Gasteiger partial charge in [-0.3, -0.25) is 4.79 Å². The molecular weight excluding hydrogens is 248 g/mol. The van der Waals surface area contributed by atoms with Crippen LogP contribution in [0.2, 0.25) is 0 Å². The van der Waals surface area contributed by atoms with E-state index in [4.69, 9.17) is 16.7 Å². The topological polar surface area (TPSA) is 37.3 Å². The standard InChI is InChI=1S/C10H18O2.C5H11Cl/c1-7(2)8-3-5-9(6-4-8)10(11)12;1-2-3-4-5-6/h7-9H,3-6H2,1-2H3,(H,11,12);2-5H2,1H3/t8-,9-;. The van der Waals surface area contributed by atoms with Gasteiger partial charge in [-0.05, 0) is 43.9 Å². The van der Waals surface area contributed by atoms with Gasteiger partial charge in [0.2, 0.25) is 0 Å². The van der Waals surface area contributed by atoms with E-state index in [1.807, 2.05) is 0 Å². The van der Waals surface area contributed by atoms with Crippen molar-refractivity contribution >= 4 is 17.6 Å². The Morgan fingerprint density at radius 2 is 1.78 bits per heavy atom. The van der Waals surface area contributed by atoms with Crippen molar-refractivity contribution in [3.63, 3.8) is 0 Å². The summed E-state index contributed by atoms with van der Waals surface area (Å²) in [5.41, 5.74) is 0. The van der Waals surface area contributed by atoms with Crippen molar-refractivity contribution in [3.8, 4) is 0 Å². The Hall–Kier alpha value is -0.240. The summed E-state index contributed by atoms with van der Waals surface area (Å²) in [5.74, 6) is 1.66. The predicted molar refractivity (Wildman–Crippen MR) is 78.2 cm³/mol. The van der Waals surface area contributed by atoms with Crippen molar-refractivity contribution in [2.45, 2.75) is 65.7 Å². The number of carboxylic acid groups (broad SMARTS) is 1. The van der Waals surface area contributed by atoms with Gasteiger partial charge in [-0.15, -0.1) is 11.6 Å². The number of aliphatic carboxylic acids is 1. The molecule has 0 radical (unpaired) electrons. The second kappa shape index (κ2) is 10.7. The van der Waals surface area contributed by atoms with Crippen molar-refractivity contribution in [2.24, 2.45) is 17.8 Å². The normalized spacial score (nSPS) is 23.4. The van der Waals surface area contributed by atoms with Crippen LogP contribution in [0.1, 0.15) is 65.7 Å². The molecule has 0 aromatic rings. The fourth-order valence-corrected chi connectivity index (χ4v) is 2.57. The van der Waals surface area contributed by atoms with Crippen LogP contribution < -0.4 is 0 Å². The summed E-state index contributed by atoms with van der Waals surface area (Å²) in [6.07, 6.45) is 7.72. The fourth-order valence-electron chi connectivity index (χ4n) is 2.38. The van der Waals surface area contributed by atoms with Gasteiger partial charge in [0.15, 0.2) is 0 Å². The third-order valence-electron chi connectivity index (χ3n) is 3.80. The molecule has 1 aliphatic rings. The smallest absolute Gasteiger partial charge is 0.306 e. The molecule has 0 aliphatic heterocycles. The maximum atomic E-state index is 10.6. The maximum Gasteiger partial charge on any atom is 0.306 e. The lowest BCUT2D eigenvalue weighted by atomic mass is 9.77. The summed E-state index contributed by atoms with van der Waals surface area (Å²) in [6, 6.07) is 0. The molecule has 1 aliphatic carbocycles.